The zero-order chi connectivity index (χ0) is 22.5. The third-order valence-electron chi connectivity index (χ3n) is 4.75. The first kappa shape index (κ1) is 23.5. The molecule has 0 fully saturated rings. The number of alkyl halides is 3. The van der Waals surface area contributed by atoms with E-state index in [-0.39, 0.29) is 17.3 Å². The third kappa shape index (κ3) is 5.02. The molecule has 2 aromatic rings. The molecular weight excluding hydrogens is 399 g/mol. The van der Waals surface area contributed by atoms with Crippen molar-refractivity contribution in [2.45, 2.75) is 32.0 Å². The summed E-state index contributed by atoms with van der Waals surface area (Å²) in [5, 5.41) is 10.9. The van der Waals surface area contributed by atoms with Gasteiger partial charge in [0.15, 0.2) is 5.60 Å². The minimum atomic E-state index is -4.98. The lowest BCUT2D eigenvalue weighted by Crippen LogP contribution is -2.44. The Kier molecular flexibility index (Phi) is 7.30. The molecule has 0 saturated carbocycles. The fourth-order valence-corrected chi connectivity index (χ4v) is 2.83. The van der Waals surface area contributed by atoms with Crippen LogP contribution in [0.2, 0.25) is 0 Å². The van der Waals surface area contributed by atoms with Crippen LogP contribution in [-0.2, 0) is 12.0 Å². The van der Waals surface area contributed by atoms with Crippen LogP contribution in [0.5, 0.6) is 11.6 Å². The Bertz CT molecular complexity index is 903. The molecule has 30 heavy (non-hydrogen) atoms. The Morgan fingerprint density at radius 2 is 1.90 bits per heavy atom. The number of nitrogens with zero attached hydrogens (tertiary/aromatic N) is 3. The monoisotopic (exact) mass is 425 g/mol. The summed E-state index contributed by atoms with van der Waals surface area (Å²) < 4.78 is 52.5. The average Bonchev–Trinajstić information content (AvgIpc) is 2.71. The van der Waals surface area contributed by atoms with Crippen LogP contribution >= 0.6 is 0 Å². The quantitative estimate of drug-likeness (QED) is 0.511. The van der Waals surface area contributed by atoms with Crippen LogP contribution in [0.15, 0.2) is 35.3 Å². The van der Waals surface area contributed by atoms with Crippen LogP contribution in [0.4, 0.5) is 18.9 Å². The number of ether oxygens (including phenoxy) is 2. The van der Waals surface area contributed by atoms with Crippen molar-refractivity contribution in [3.05, 3.63) is 47.2 Å². The van der Waals surface area contributed by atoms with Gasteiger partial charge in [0.1, 0.15) is 5.75 Å². The summed E-state index contributed by atoms with van der Waals surface area (Å²) in [6.07, 6.45) is -4.20. The lowest BCUT2D eigenvalue weighted by Gasteiger charge is -2.32. The first-order chi connectivity index (χ1) is 14.1. The normalized spacial score (nSPS) is 13.9. The van der Waals surface area contributed by atoms with Crippen LogP contribution in [-0.4, -0.2) is 55.3 Å². The molecule has 1 aromatic carbocycles. The highest BCUT2D eigenvalue weighted by Crippen LogP contribution is 2.46. The highest BCUT2D eigenvalue weighted by Gasteiger charge is 2.56. The standard InChI is InChI=1S/C21H26F3N3O3/c1-6-27(3)13-25-17-11-18(29-4)16(10-14(17)2)20(28,21(22,23)24)12-15-8-7-9-19(26-15)30-5/h7-11,13,28H,6,12H2,1-5H3. The number of methoxy groups -OCH3 is 2. The molecule has 6 nitrogen and oxygen atoms in total. The molecule has 0 aliphatic rings. The second kappa shape index (κ2) is 9.34. The Morgan fingerprint density at radius 3 is 2.47 bits per heavy atom. The van der Waals surface area contributed by atoms with Gasteiger partial charge in [-0.05, 0) is 31.5 Å². The summed E-state index contributed by atoms with van der Waals surface area (Å²) in [6.45, 7) is 4.29. The molecule has 1 N–H and O–H groups in total. The van der Waals surface area contributed by atoms with Crippen LogP contribution in [0.1, 0.15) is 23.7 Å². The molecule has 0 aliphatic heterocycles. The predicted molar refractivity (Wildman–Crippen MR) is 109 cm³/mol. The minimum absolute atomic E-state index is 0.0283. The summed E-state index contributed by atoms with van der Waals surface area (Å²) in [6, 6.07) is 7.08. The molecule has 0 saturated heterocycles. The van der Waals surface area contributed by atoms with E-state index in [4.69, 9.17) is 9.47 Å². The summed E-state index contributed by atoms with van der Waals surface area (Å²) in [7, 11) is 4.44. The minimum Gasteiger partial charge on any atom is -0.496 e. The van der Waals surface area contributed by atoms with Gasteiger partial charge in [0, 0.05) is 43.4 Å². The Morgan fingerprint density at radius 1 is 1.20 bits per heavy atom. The van der Waals surface area contributed by atoms with Gasteiger partial charge in [-0.1, -0.05) is 6.07 Å². The predicted octanol–water partition coefficient (Wildman–Crippen LogP) is 4.01. The van der Waals surface area contributed by atoms with E-state index in [0.29, 0.717) is 11.3 Å². The molecule has 0 bridgehead atoms. The SMILES string of the molecule is CCN(C)C=Nc1cc(OC)c(C(O)(Cc2cccc(OC)n2)C(F)(F)F)cc1C. The van der Waals surface area contributed by atoms with E-state index in [1.165, 1.54) is 44.6 Å². The summed E-state index contributed by atoms with van der Waals surface area (Å²) in [5.41, 5.74) is -2.68. The molecule has 2 rings (SSSR count). The van der Waals surface area contributed by atoms with E-state index in [9.17, 15) is 18.3 Å². The van der Waals surface area contributed by atoms with Gasteiger partial charge in [-0.2, -0.15) is 13.2 Å². The van der Waals surface area contributed by atoms with Gasteiger partial charge < -0.3 is 19.5 Å². The topological polar surface area (TPSA) is 67.2 Å². The van der Waals surface area contributed by atoms with Crippen molar-refractivity contribution in [2.75, 3.05) is 27.8 Å². The number of aliphatic hydroxyl groups is 1. The summed E-state index contributed by atoms with van der Waals surface area (Å²) in [4.78, 5) is 10.1. The van der Waals surface area contributed by atoms with E-state index in [0.717, 1.165) is 6.54 Å². The van der Waals surface area contributed by atoms with Crippen molar-refractivity contribution >= 4 is 12.0 Å². The maximum Gasteiger partial charge on any atom is 0.421 e. The van der Waals surface area contributed by atoms with E-state index in [1.807, 2.05) is 18.9 Å². The lowest BCUT2D eigenvalue weighted by atomic mass is 9.86. The van der Waals surface area contributed by atoms with Gasteiger partial charge in [0.05, 0.1) is 26.2 Å². The number of halogens is 3. The number of pyridine rings is 1. The van der Waals surface area contributed by atoms with Crippen LogP contribution < -0.4 is 9.47 Å². The van der Waals surface area contributed by atoms with E-state index >= 15 is 0 Å². The zero-order valence-corrected chi connectivity index (χ0v) is 17.6. The summed E-state index contributed by atoms with van der Waals surface area (Å²) in [5.74, 6) is 0.0412. The number of aliphatic imine (C=N–C) groups is 1. The smallest absolute Gasteiger partial charge is 0.421 e. The number of benzene rings is 1. The lowest BCUT2D eigenvalue weighted by molar-refractivity contribution is -0.267. The molecule has 0 spiro atoms. The fraction of sp³-hybridized carbons (Fsp3) is 0.429. The number of aryl methyl sites for hydroxylation is 1. The molecule has 1 heterocycles. The largest absolute Gasteiger partial charge is 0.496 e. The van der Waals surface area contributed by atoms with Crippen molar-refractivity contribution in [1.29, 1.82) is 0 Å². The van der Waals surface area contributed by atoms with Gasteiger partial charge in [0.2, 0.25) is 5.88 Å². The first-order valence-corrected chi connectivity index (χ1v) is 9.28. The zero-order valence-electron chi connectivity index (χ0n) is 17.6. The highest BCUT2D eigenvalue weighted by molar-refractivity contribution is 5.65. The summed E-state index contributed by atoms with van der Waals surface area (Å²) >= 11 is 0. The molecule has 164 valence electrons. The van der Waals surface area contributed by atoms with Crippen LogP contribution in [0.3, 0.4) is 0 Å². The second-order valence-electron chi connectivity index (χ2n) is 6.86. The van der Waals surface area contributed by atoms with Crippen molar-refractivity contribution in [1.82, 2.24) is 9.88 Å². The molecule has 0 radical (unpaired) electrons. The van der Waals surface area contributed by atoms with E-state index in [1.54, 1.807) is 13.3 Å². The molecule has 1 atom stereocenters. The molecule has 0 aliphatic carbocycles. The number of hydrogen-bond donors (Lipinski definition) is 1. The number of aromatic nitrogens is 1. The second-order valence-corrected chi connectivity index (χ2v) is 6.86. The van der Waals surface area contributed by atoms with Gasteiger partial charge in [-0.3, -0.25) is 0 Å². The van der Waals surface area contributed by atoms with Crippen molar-refractivity contribution < 1.29 is 27.8 Å². The number of hydrogen-bond acceptors (Lipinski definition) is 5. The third-order valence-corrected chi connectivity index (χ3v) is 4.75. The molecular formula is C21H26F3N3O3. The number of rotatable bonds is 8. The molecule has 1 aromatic heterocycles. The molecule has 0 amide bonds. The Hall–Kier alpha value is -2.81. The average molecular weight is 425 g/mol. The molecule has 1 unspecified atom stereocenters. The van der Waals surface area contributed by atoms with Crippen molar-refractivity contribution in [3.8, 4) is 11.6 Å². The van der Waals surface area contributed by atoms with Crippen molar-refractivity contribution in [2.24, 2.45) is 4.99 Å². The van der Waals surface area contributed by atoms with Crippen molar-refractivity contribution in [3.63, 3.8) is 0 Å². The van der Waals surface area contributed by atoms with E-state index in [2.05, 4.69) is 9.98 Å². The van der Waals surface area contributed by atoms with Gasteiger partial charge >= 0.3 is 6.18 Å². The maximum atomic E-state index is 14.1. The highest BCUT2D eigenvalue weighted by atomic mass is 19.4. The first-order valence-electron chi connectivity index (χ1n) is 9.28. The Balaban J connectivity index is 2.58. The van der Waals surface area contributed by atoms with Gasteiger partial charge in [-0.15, -0.1) is 0 Å². The van der Waals surface area contributed by atoms with Gasteiger partial charge in [0.25, 0.3) is 0 Å². The fourth-order valence-electron chi connectivity index (χ4n) is 2.83. The van der Waals surface area contributed by atoms with E-state index < -0.39 is 23.8 Å². The Labute approximate surface area is 174 Å². The van der Waals surface area contributed by atoms with Gasteiger partial charge in [-0.25, -0.2) is 9.98 Å². The van der Waals surface area contributed by atoms with Crippen LogP contribution in [0, 0.1) is 6.92 Å². The maximum absolute atomic E-state index is 14.1. The van der Waals surface area contributed by atoms with Crippen LogP contribution in [0.25, 0.3) is 0 Å². The molecule has 9 heteroatoms.